The first kappa shape index (κ1) is 39.2. The minimum absolute atomic E-state index is 0.0547. The van der Waals surface area contributed by atoms with Crippen LogP contribution in [0.15, 0.2) is 34.8 Å². The van der Waals surface area contributed by atoms with Gasteiger partial charge < -0.3 is 29.4 Å². The summed E-state index contributed by atoms with van der Waals surface area (Å²) in [4.78, 5) is 12.6. The molecule has 2 N–H and O–H groups in total. The number of hydrogen-bond acceptors (Lipinski definition) is 8. The van der Waals surface area contributed by atoms with Gasteiger partial charge in [0.2, 0.25) is 10.0 Å². The molecule has 0 spiro atoms. The zero-order chi connectivity index (χ0) is 34.0. The van der Waals surface area contributed by atoms with Crippen molar-refractivity contribution in [3.8, 4) is 11.5 Å². The minimum Gasteiger partial charge on any atom is -0.483 e. The van der Waals surface area contributed by atoms with Crippen molar-refractivity contribution in [2.75, 3.05) is 50.5 Å². The molecular weight excluding hydrogens is 696 g/mol. The van der Waals surface area contributed by atoms with Gasteiger partial charge in [-0.25, -0.2) is 12.7 Å². The van der Waals surface area contributed by atoms with Crippen LogP contribution in [0.5, 0.6) is 11.5 Å². The van der Waals surface area contributed by atoms with E-state index in [2.05, 4.69) is 60.5 Å². The van der Waals surface area contributed by atoms with Crippen molar-refractivity contribution in [2.24, 2.45) is 0 Å². The Hall–Kier alpha value is -1.95. The lowest BCUT2D eigenvalue weighted by atomic mass is 10.1. The number of benzene rings is 2. The Labute approximate surface area is 280 Å². The Morgan fingerprint density at radius 1 is 0.956 bits per heavy atom. The molecule has 0 aliphatic carbocycles. The topological polar surface area (TPSA) is 124 Å². The number of aryl methyl sites for hydroxylation is 2. The number of aliphatic hydroxyl groups is 1. The Bertz CT molecular complexity index is 1360. The predicted octanol–water partition coefficient (Wildman–Crippen LogP) is 6.06. The van der Waals surface area contributed by atoms with Crippen LogP contribution in [0.4, 0.5) is 5.69 Å². The van der Waals surface area contributed by atoms with E-state index in [0.717, 1.165) is 38.2 Å². The quantitative estimate of drug-likeness (QED) is 0.101. The highest BCUT2D eigenvalue weighted by molar-refractivity contribution is 9.10. The number of ether oxygens (including phenoxy) is 4. The van der Waals surface area contributed by atoms with Gasteiger partial charge in [0.05, 0.1) is 18.0 Å². The highest BCUT2D eigenvalue weighted by Crippen LogP contribution is 2.33. The van der Waals surface area contributed by atoms with Crippen LogP contribution in [0.25, 0.3) is 0 Å². The van der Waals surface area contributed by atoms with Crippen LogP contribution < -0.4 is 19.1 Å². The maximum absolute atomic E-state index is 12.9. The molecule has 1 amide bonds. The van der Waals surface area contributed by atoms with E-state index in [0.29, 0.717) is 24.5 Å². The second-order valence-corrected chi connectivity index (χ2v) is 27.7. The van der Waals surface area contributed by atoms with Gasteiger partial charge >= 0.3 is 0 Å². The maximum Gasteiger partial charge on any atom is 0.258 e. The van der Waals surface area contributed by atoms with E-state index in [4.69, 9.17) is 18.9 Å². The van der Waals surface area contributed by atoms with Crippen LogP contribution in [-0.4, -0.2) is 81.7 Å². The van der Waals surface area contributed by atoms with Crippen molar-refractivity contribution in [1.29, 1.82) is 0 Å². The number of sulfonamides is 1. The summed E-state index contributed by atoms with van der Waals surface area (Å²) in [5.74, 6) is 0.502. The van der Waals surface area contributed by atoms with Crippen molar-refractivity contribution in [2.45, 2.75) is 71.3 Å². The van der Waals surface area contributed by atoms with E-state index in [1.807, 2.05) is 26.0 Å². The smallest absolute Gasteiger partial charge is 0.258 e. The molecule has 0 aliphatic heterocycles. The Morgan fingerprint density at radius 3 is 2.09 bits per heavy atom. The van der Waals surface area contributed by atoms with Crippen molar-refractivity contribution in [3.05, 3.63) is 51.5 Å². The van der Waals surface area contributed by atoms with Crippen LogP contribution in [0.1, 0.15) is 22.8 Å². The zero-order valence-electron chi connectivity index (χ0n) is 28.2. The average Bonchev–Trinajstić information content (AvgIpc) is 2.89. The van der Waals surface area contributed by atoms with Gasteiger partial charge in [-0.05, 0) is 66.9 Å². The largest absolute Gasteiger partial charge is 0.483 e. The van der Waals surface area contributed by atoms with Gasteiger partial charge in [0.15, 0.2) is 13.4 Å². The number of aliphatic hydroxyl groups excluding tert-OH is 1. The fourth-order valence-corrected chi connectivity index (χ4v) is 7.08. The van der Waals surface area contributed by atoms with E-state index >= 15 is 0 Å². The maximum atomic E-state index is 12.9. The number of nitrogens with zero attached hydrogens (tertiary/aromatic N) is 1. The molecule has 0 unspecified atom stereocenters. The molecule has 0 heterocycles. The second kappa shape index (κ2) is 17.3. The van der Waals surface area contributed by atoms with Crippen LogP contribution in [0.2, 0.25) is 51.4 Å². The SMILES string of the molecule is Cc1cc(Br)cc(C)c1OCC(=O)NC[C@H](O)c1ccc(OCOCC[Si](C)(C)C)c(N(COCC[Si](C)(C)C)S(C)(=O)=O)c1. The zero-order valence-corrected chi connectivity index (χ0v) is 32.6. The predicted molar refractivity (Wildman–Crippen MR) is 189 cm³/mol. The lowest BCUT2D eigenvalue weighted by Crippen LogP contribution is -2.34. The summed E-state index contributed by atoms with van der Waals surface area (Å²) < 4.78 is 51.1. The minimum atomic E-state index is -3.79. The van der Waals surface area contributed by atoms with Crippen LogP contribution in [-0.2, 0) is 24.3 Å². The number of carbonyl (C=O) groups excluding carboxylic acids is 1. The number of carbonyl (C=O) groups is 1. The number of anilines is 1. The van der Waals surface area contributed by atoms with Crippen molar-refractivity contribution in [1.82, 2.24) is 5.32 Å². The molecule has 0 saturated heterocycles. The molecule has 0 aliphatic rings. The number of halogens is 1. The summed E-state index contributed by atoms with van der Waals surface area (Å²) in [5, 5.41) is 13.7. The van der Waals surface area contributed by atoms with Crippen LogP contribution >= 0.6 is 15.9 Å². The van der Waals surface area contributed by atoms with Crippen molar-refractivity contribution < 1.29 is 37.3 Å². The van der Waals surface area contributed by atoms with E-state index in [-0.39, 0.29) is 38.1 Å². The average molecular weight is 748 g/mol. The highest BCUT2D eigenvalue weighted by Gasteiger charge is 2.25. The first-order valence-electron chi connectivity index (χ1n) is 15.0. The van der Waals surface area contributed by atoms with Crippen LogP contribution in [0.3, 0.4) is 0 Å². The van der Waals surface area contributed by atoms with E-state index in [1.165, 1.54) is 0 Å². The van der Waals surface area contributed by atoms with Crippen LogP contribution in [0, 0.1) is 13.8 Å². The molecule has 2 aromatic rings. The summed E-state index contributed by atoms with van der Waals surface area (Å²) in [7, 11) is -6.47. The highest BCUT2D eigenvalue weighted by atomic mass is 79.9. The summed E-state index contributed by atoms with van der Waals surface area (Å²) in [6, 6.07) is 10.4. The number of hydrogen-bond donors (Lipinski definition) is 2. The molecule has 0 aromatic heterocycles. The molecular formula is C31H51BrN2O8SSi2. The van der Waals surface area contributed by atoms with E-state index in [9.17, 15) is 18.3 Å². The molecule has 45 heavy (non-hydrogen) atoms. The Kier molecular flexibility index (Phi) is 15.1. The van der Waals surface area contributed by atoms with Gasteiger partial charge in [-0.1, -0.05) is 61.3 Å². The summed E-state index contributed by atoms with van der Waals surface area (Å²) in [6.07, 6.45) is -0.0264. The molecule has 0 saturated carbocycles. The molecule has 14 heteroatoms. The van der Waals surface area contributed by atoms with Gasteiger partial charge in [-0.15, -0.1) is 0 Å². The van der Waals surface area contributed by atoms with Crippen molar-refractivity contribution >= 4 is 53.7 Å². The Balaban J connectivity index is 2.19. The Morgan fingerprint density at radius 2 is 1.53 bits per heavy atom. The standard InChI is InChI=1S/C31H51BrN2O8SSi2/c1-23-16-26(32)17-24(2)31(23)41-20-30(36)33-19-28(35)25-10-11-29(42-22-40-13-15-45(7,8)9)27(18-25)34(43(3,37)38)21-39-12-14-44(4,5)6/h10-11,16-18,28,35H,12-15,19-22H2,1-9H3,(H,33,36)/t28-/m0/s1. The summed E-state index contributed by atoms with van der Waals surface area (Å²) in [6.45, 7) is 17.6. The second-order valence-electron chi connectivity index (χ2n) is 13.6. The fraction of sp³-hybridized carbons (Fsp3) is 0.581. The monoisotopic (exact) mass is 746 g/mol. The molecule has 0 radical (unpaired) electrons. The van der Waals surface area contributed by atoms with E-state index in [1.54, 1.807) is 18.2 Å². The normalized spacial score (nSPS) is 13.0. The third kappa shape index (κ3) is 14.6. The molecule has 1 atom stereocenters. The molecule has 2 aromatic carbocycles. The van der Waals surface area contributed by atoms with Crippen molar-refractivity contribution in [3.63, 3.8) is 0 Å². The van der Waals surface area contributed by atoms with Gasteiger partial charge in [-0.3, -0.25) is 4.79 Å². The van der Waals surface area contributed by atoms with Gasteiger partial charge in [0.25, 0.3) is 5.91 Å². The fourth-order valence-electron chi connectivity index (χ4n) is 4.11. The van der Waals surface area contributed by atoms with E-state index < -0.39 is 38.2 Å². The molecule has 2 rings (SSSR count). The van der Waals surface area contributed by atoms with Gasteiger partial charge in [-0.2, -0.15) is 0 Å². The summed E-state index contributed by atoms with van der Waals surface area (Å²) in [5.41, 5.74) is 2.40. The number of rotatable bonds is 19. The first-order chi connectivity index (χ1) is 20.8. The van der Waals surface area contributed by atoms with Gasteiger partial charge in [0, 0.05) is 40.4 Å². The third-order valence-corrected chi connectivity index (χ3v) is 11.8. The molecule has 254 valence electrons. The molecule has 10 nitrogen and oxygen atoms in total. The molecule has 0 bridgehead atoms. The lowest BCUT2D eigenvalue weighted by Gasteiger charge is -2.26. The van der Waals surface area contributed by atoms with Gasteiger partial charge in [0.1, 0.15) is 18.2 Å². The third-order valence-electron chi connectivity index (χ3n) is 6.80. The number of nitrogens with one attached hydrogen (secondary N) is 1. The summed E-state index contributed by atoms with van der Waals surface area (Å²) >= 11 is 3.45. The first-order valence-corrected chi connectivity index (χ1v) is 25.1. The molecule has 0 fully saturated rings. The lowest BCUT2D eigenvalue weighted by molar-refractivity contribution is -0.123. The number of amides is 1.